The van der Waals surface area contributed by atoms with Crippen molar-refractivity contribution in [1.82, 2.24) is 9.13 Å². The van der Waals surface area contributed by atoms with Gasteiger partial charge in [0.2, 0.25) is 5.62 Å². The molecule has 1 aliphatic heterocycles. The van der Waals surface area contributed by atoms with Crippen LogP contribution in [0.2, 0.25) is 0 Å². The molecule has 0 saturated heterocycles. The molecule has 152 valence electrons. The first-order chi connectivity index (χ1) is 14.5. The van der Waals surface area contributed by atoms with E-state index in [0.717, 1.165) is 17.0 Å². The summed E-state index contributed by atoms with van der Waals surface area (Å²) in [6, 6.07) is 25.1. The Kier molecular flexibility index (Phi) is 4.28. The number of benzene rings is 3. The number of hydrogen-bond acceptors (Lipinski definition) is 4. The van der Waals surface area contributed by atoms with E-state index in [2.05, 4.69) is 125 Å². The second-order valence-electron chi connectivity index (χ2n) is 7.79. The van der Waals surface area contributed by atoms with E-state index in [9.17, 15) is 0 Å². The van der Waals surface area contributed by atoms with Crippen molar-refractivity contribution in [2.45, 2.75) is 6.29 Å². The third kappa shape index (κ3) is 2.84. The van der Waals surface area contributed by atoms with E-state index < -0.39 is 0 Å². The lowest BCUT2D eigenvalue weighted by Crippen LogP contribution is -2.45. The maximum absolute atomic E-state index is 4.89. The third-order valence-electron chi connectivity index (χ3n) is 5.97. The first kappa shape index (κ1) is 18.4. The van der Waals surface area contributed by atoms with Gasteiger partial charge in [-0.15, -0.1) is 0 Å². The molecule has 2 heterocycles. The van der Waals surface area contributed by atoms with Crippen molar-refractivity contribution in [2.75, 3.05) is 29.2 Å². The van der Waals surface area contributed by atoms with E-state index in [1.807, 2.05) is 0 Å². The molecule has 5 rings (SSSR count). The molecule has 1 aromatic heterocycles. The highest BCUT2D eigenvalue weighted by atomic mass is 15.5. The standard InChI is InChI=1S/C24H26N6/c1-27-19-9-5-6-10-20(19)28(2)23(27)25-17-13-15-18(16-14-17)26-24-29(3)21-11-7-8-12-22(21)30(24)4/h5-16,23,25H,1-4H3. The first-order valence-electron chi connectivity index (χ1n) is 10.1. The van der Waals surface area contributed by atoms with Gasteiger partial charge in [-0.3, -0.25) is 0 Å². The molecule has 0 aliphatic carbocycles. The molecule has 30 heavy (non-hydrogen) atoms. The first-order valence-corrected chi connectivity index (χ1v) is 10.1. The van der Waals surface area contributed by atoms with E-state index in [1.54, 1.807) is 0 Å². The predicted molar refractivity (Wildman–Crippen MR) is 124 cm³/mol. The Morgan fingerprint density at radius 2 is 1.17 bits per heavy atom. The summed E-state index contributed by atoms with van der Waals surface area (Å²) in [7, 11) is 8.34. The number of anilines is 3. The quantitative estimate of drug-likeness (QED) is 0.566. The number of nitrogens with one attached hydrogen (secondary N) is 1. The van der Waals surface area contributed by atoms with Crippen molar-refractivity contribution in [3.05, 3.63) is 78.4 Å². The lowest BCUT2D eigenvalue weighted by molar-refractivity contribution is 0.724. The Hall–Kier alpha value is -3.67. The zero-order chi connectivity index (χ0) is 20.8. The predicted octanol–water partition coefficient (Wildman–Crippen LogP) is 4.03. The van der Waals surface area contributed by atoms with Crippen LogP contribution in [0, 0.1) is 0 Å². The number of nitrogens with zero attached hydrogens (tertiary/aromatic N) is 5. The number of aromatic nitrogens is 2. The average molecular weight is 399 g/mol. The molecule has 0 spiro atoms. The van der Waals surface area contributed by atoms with Crippen molar-refractivity contribution >= 4 is 33.8 Å². The Morgan fingerprint density at radius 3 is 1.70 bits per heavy atom. The lowest BCUT2D eigenvalue weighted by Gasteiger charge is -2.29. The van der Waals surface area contributed by atoms with Crippen LogP contribution in [0.25, 0.3) is 11.0 Å². The summed E-state index contributed by atoms with van der Waals surface area (Å²) in [5, 5.41) is 3.62. The zero-order valence-corrected chi connectivity index (χ0v) is 17.7. The monoisotopic (exact) mass is 398 g/mol. The molecule has 0 unspecified atom stereocenters. The van der Waals surface area contributed by atoms with Crippen molar-refractivity contribution < 1.29 is 0 Å². The summed E-state index contributed by atoms with van der Waals surface area (Å²) in [4.78, 5) is 9.40. The largest absolute Gasteiger partial charge is 0.348 e. The second-order valence-corrected chi connectivity index (χ2v) is 7.79. The van der Waals surface area contributed by atoms with Gasteiger partial charge in [0.1, 0.15) is 0 Å². The molecule has 1 N–H and O–H groups in total. The third-order valence-corrected chi connectivity index (χ3v) is 5.97. The van der Waals surface area contributed by atoms with E-state index in [1.165, 1.54) is 22.4 Å². The minimum atomic E-state index is 0.0705. The molecular formula is C24H26N6. The molecular weight excluding hydrogens is 372 g/mol. The topological polar surface area (TPSA) is 40.7 Å². The normalized spacial score (nSPS) is 13.7. The fourth-order valence-corrected chi connectivity index (χ4v) is 4.30. The summed E-state index contributed by atoms with van der Waals surface area (Å²) < 4.78 is 4.25. The minimum Gasteiger partial charge on any atom is -0.348 e. The summed E-state index contributed by atoms with van der Waals surface area (Å²) in [6.45, 7) is 0. The van der Waals surface area contributed by atoms with Crippen LogP contribution in [-0.2, 0) is 14.1 Å². The molecule has 3 aromatic carbocycles. The minimum absolute atomic E-state index is 0.0705. The summed E-state index contributed by atoms with van der Waals surface area (Å²) >= 11 is 0. The van der Waals surface area contributed by atoms with Crippen molar-refractivity contribution in [1.29, 1.82) is 0 Å². The summed E-state index contributed by atoms with van der Waals surface area (Å²) in [6.07, 6.45) is 0.0705. The maximum atomic E-state index is 4.89. The Bertz CT molecular complexity index is 1210. The molecule has 0 bridgehead atoms. The molecule has 1 aliphatic rings. The SMILES string of the molecule is CN1c2ccccc2N(C)C1Nc1ccc(N=c2n(C)c3ccccc3n2C)cc1. The van der Waals surface area contributed by atoms with Crippen LogP contribution in [-0.4, -0.2) is 29.5 Å². The molecule has 0 amide bonds. The Labute approximate surface area is 176 Å². The van der Waals surface area contributed by atoms with Gasteiger partial charge in [0.15, 0.2) is 6.29 Å². The van der Waals surface area contributed by atoms with Crippen molar-refractivity contribution in [3.63, 3.8) is 0 Å². The van der Waals surface area contributed by atoms with Crippen molar-refractivity contribution in [3.8, 4) is 0 Å². The van der Waals surface area contributed by atoms with Crippen LogP contribution in [0.3, 0.4) is 0 Å². The van der Waals surface area contributed by atoms with E-state index >= 15 is 0 Å². The molecule has 0 fully saturated rings. The van der Waals surface area contributed by atoms with Gasteiger partial charge in [-0.25, -0.2) is 4.99 Å². The van der Waals surface area contributed by atoms with E-state index in [0.29, 0.717) is 0 Å². The van der Waals surface area contributed by atoms with Crippen LogP contribution >= 0.6 is 0 Å². The molecule has 4 aromatic rings. The van der Waals surface area contributed by atoms with Gasteiger partial charge >= 0.3 is 0 Å². The number of imidazole rings is 1. The van der Waals surface area contributed by atoms with Crippen LogP contribution in [0.5, 0.6) is 0 Å². The number of hydrogen-bond donors (Lipinski definition) is 1. The summed E-state index contributed by atoms with van der Waals surface area (Å²) in [5.41, 5.74) is 7.71. The van der Waals surface area contributed by atoms with Gasteiger partial charge in [0.05, 0.1) is 28.1 Å². The van der Waals surface area contributed by atoms with Crippen LogP contribution in [0.1, 0.15) is 0 Å². The van der Waals surface area contributed by atoms with Gasteiger partial charge in [-0.1, -0.05) is 24.3 Å². The van der Waals surface area contributed by atoms with Crippen LogP contribution in [0.15, 0.2) is 77.8 Å². The van der Waals surface area contributed by atoms with Gasteiger partial charge in [-0.2, -0.15) is 0 Å². The Balaban J connectivity index is 1.42. The number of aryl methyl sites for hydroxylation is 2. The molecule has 6 heteroatoms. The average Bonchev–Trinajstić information content (AvgIpc) is 3.16. The molecule has 0 atom stereocenters. The highest BCUT2D eigenvalue weighted by molar-refractivity contribution is 5.78. The zero-order valence-electron chi connectivity index (χ0n) is 17.7. The highest BCUT2D eigenvalue weighted by Gasteiger charge is 2.30. The van der Waals surface area contributed by atoms with Crippen molar-refractivity contribution in [2.24, 2.45) is 19.1 Å². The lowest BCUT2D eigenvalue weighted by atomic mass is 10.3. The van der Waals surface area contributed by atoms with E-state index in [-0.39, 0.29) is 6.29 Å². The van der Waals surface area contributed by atoms with E-state index in [4.69, 9.17) is 4.99 Å². The fourth-order valence-electron chi connectivity index (χ4n) is 4.30. The van der Waals surface area contributed by atoms with Gasteiger partial charge in [0.25, 0.3) is 0 Å². The van der Waals surface area contributed by atoms with Gasteiger partial charge < -0.3 is 24.3 Å². The number of para-hydroxylation sites is 4. The molecule has 0 saturated carbocycles. The molecule has 6 nitrogen and oxygen atoms in total. The number of rotatable bonds is 3. The second kappa shape index (κ2) is 6.99. The van der Waals surface area contributed by atoms with Crippen LogP contribution in [0.4, 0.5) is 22.7 Å². The maximum Gasteiger partial charge on any atom is 0.210 e. The smallest absolute Gasteiger partial charge is 0.210 e. The fraction of sp³-hybridized carbons (Fsp3) is 0.208. The summed E-state index contributed by atoms with van der Waals surface area (Å²) in [5.74, 6) is 0. The Morgan fingerprint density at radius 1 is 0.667 bits per heavy atom. The van der Waals surface area contributed by atoms with Gasteiger partial charge in [0, 0.05) is 33.9 Å². The van der Waals surface area contributed by atoms with Gasteiger partial charge in [-0.05, 0) is 48.5 Å². The highest BCUT2D eigenvalue weighted by Crippen LogP contribution is 2.37. The molecule has 0 radical (unpaired) electrons. The number of fused-ring (bicyclic) bond motifs is 2. The van der Waals surface area contributed by atoms with Crippen LogP contribution < -0.4 is 20.7 Å².